The van der Waals surface area contributed by atoms with Gasteiger partial charge in [-0.15, -0.1) is 0 Å². The molecule has 0 saturated carbocycles. The van der Waals surface area contributed by atoms with Crippen molar-refractivity contribution in [1.82, 2.24) is 14.8 Å². The Kier molecular flexibility index (Phi) is 5.76. The van der Waals surface area contributed by atoms with Gasteiger partial charge in [-0.05, 0) is 25.1 Å². The van der Waals surface area contributed by atoms with E-state index in [1.165, 1.54) is 12.6 Å². The van der Waals surface area contributed by atoms with E-state index in [4.69, 9.17) is 11.6 Å². The van der Waals surface area contributed by atoms with Crippen LogP contribution in [0.1, 0.15) is 13.3 Å². The minimum atomic E-state index is -0.0243. The summed E-state index contributed by atoms with van der Waals surface area (Å²) in [6.07, 6.45) is 2.71. The number of nitrogens with zero attached hydrogens (tertiary/aromatic N) is 3. The Morgan fingerprint density at radius 2 is 2.00 bits per heavy atom. The van der Waals surface area contributed by atoms with E-state index in [9.17, 15) is 4.79 Å². The van der Waals surface area contributed by atoms with Crippen LogP contribution in [0.3, 0.4) is 0 Å². The number of halogens is 1. The molecule has 2 rings (SSSR count). The molecule has 0 aliphatic carbocycles. The molecule has 1 aliphatic heterocycles. The second-order valence-electron chi connectivity index (χ2n) is 5.03. The smallest absolute Gasteiger partial charge is 0.239 e. The number of carbonyl (C=O) groups excluding carboxylic acids is 1. The summed E-state index contributed by atoms with van der Waals surface area (Å²) in [5.41, 5.74) is 0. The molecule has 0 spiro atoms. The highest BCUT2D eigenvalue weighted by molar-refractivity contribution is 6.30. The predicted molar refractivity (Wildman–Crippen MR) is 81.0 cm³/mol. The van der Waals surface area contributed by atoms with Crippen LogP contribution in [0.25, 0.3) is 0 Å². The molecular formula is C14H21ClN4O. The monoisotopic (exact) mass is 296 g/mol. The molecule has 0 bridgehead atoms. The zero-order chi connectivity index (χ0) is 14.4. The van der Waals surface area contributed by atoms with Crippen molar-refractivity contribution in [3.63, 3.8) is 0 Å². The van der Waals surface area contributed by atoms with Crippen LogP contribution in [-0.4, -0.2) is 60.0 Å². The van der Waals surface area contributed by atoms with Crippen molar-refractivity contribution >= 4 is 23.3 Å². The molecule has 6 heteroatoms. The van der Waals surface area contributed by atoms with E-state index < -0.39 is 0 Å². The Morgan fingerprint density at radius 3 is 2.60 bits per heavy atom. The molecular weight excluding hydrogens is 276 g/mol. The Labute approximate surface area is 124 Å². The number of aromatic nitrogens is 1. The molecule has 1 saturated heterocycles. The molecule has 1 aromatic heterocycles. The van der Waals surface area contributed by atoms with Crippen molar-refractivity contribution in [1.29, 1.82) is 0 Å². The van der Waals surface area contributed by atoms with Gasteiger partial charge >= 0.3 is 0 Å². The molecule has 0 unspecified atom stereocenters. The fourth-order valence-electron chi connectivity index (χ4n) is 2.32. The van der Waals surface area contributed by atoms with Gasteiger partial charge in [0, 0.05) is 32.4 Å². The van der Waals surface area contributed by atoms with Crippen LogP contribution >= 0.6 is 11.6 Å². The number of hydrogen-bond donors (Lipinski definition) is 1. The van der Waals surface area contributed by atoms with E-state index in [2.05, 4.69) is 27.0 Å². The van der Waals surface area contributed by atoms with Gasteiger partial charge < -0.3 is 10.2 Å². The van der Waals surface area contributed by atoms with Crippen molar-refractivity contribution in [2.45, 2.75) is 13.3 Å². The molecule has 110 valence electrons. The number of amides is 1. The lowest BCUT2D eigenvalue weighted by atomic mass is 10.3. The second-order valence-corrected chi connectivity index (χ2v) is 5.46. The minimum absolute atomic E-state index is 0.0243. The van der Waals surface area contributed by atoms with Gasteiger partial charge in [0.15, 0.2) is 0 Å². The lowest BCUT2D eigenvalue weighted by Gasteiger charge is -2.33. The normalized spacial score (nSPS) is 17.1. The molecule has 0 atom stereocenters. The topological polar surface area (TPSA) is 48.5 Å². The van der Waals surface area contributed by atoms with Crippen LogP contribution in [0, 0.1) is 0 Å². The number of carbonyl (C=O) groups is 1. The van der Waals surface area contributed by atoms with Crippen LogP contribution in [0.5, 0.6) is 0 Å². The number of anilines is 1. The Hall–Kier alpha value is -1.17. The summed E-state index contributed by atoms with van der Waals surface area (Å²) in [4.78, 5) is 20.6. The first-order chi connectivity index (χ1) is 9.67. The summed E-state index contributed by atoms with van der Waals surface area (Å²) >= 11 is 5.76. The van der Waals surface area contributed by atoms with Crippen LogP contribution in [0.2, 0.25) is 5.02 Å². The number of nitrogens with one attached hydrogen (secondary N) is 1. The summed E-state index contributed by atoms with van der Waals surface area (Å²) < 4.78 is 0. The summed E-state index contributed by atoms with van der Waals surface area (Å²) in [5.74, 6) is 0.521. The van der Waals surface area contributed by atoms with Crippen LogP contribution in [-0.2, 0) is 4.79 Å². The van der Waals surface area contributed by atoms with Gasteiger partial charge in [-0.3, -0.25) is 9.69 Å². The highest BCUT2D eigenvalue weighted by Gasteiger charge is 2.18. The maximum absolute atomic E-state index is 11.9. The van der Waals surface area contributed by atoms with E-state index in [-0.39, 0.29) is 5.91 Å². The summed E-state index contributed by atoms with van der Waals surface area (Å²) in [6.45, 7) is 7.74. The number of piperazine rings is 1. The standard InChI is InChI=1S/C14H21ClN4O/c1-2-5-18-6-8-19(9-7-18)11-14(20)17-13-4-3-12(15)10-16-13/h3-4,10H,2,5-9,11H2,1H3,(H,16,17,20). The summed E-state index contributed by atoms with van der Waals surface area (Å²) in [6, 6.07) is 3.42. The first kappa shape index (κ1) is 15.2. The second kappa shape index (κ2) is 7.57. The molecule has 1 N–H and O–H groups in total. The Bertz CT molecular complexity index is 429. The van der Waals surface area contributed by atoms with Gasteiger partial charge in [0.2, 0.25) is 5.91 Å². The molecule has 0 aromatic carbocycles. The third-order valence-electron chi connectivity index (χ3n) is 3.37. The summed E-state index contributed by atoms with van der Waals surface area (Å²) in [5, 5.41) is 3.35. The van der Waals surface area contributed by atoms with Crippen LogP contribution in [0.15, 0.2) is 18.3 Å². The molecule has 2 heterocycles. The predicted octanol–water partition coefficient (Wildman–Crippen LogP) is 1.70. The zero-order valence-corrected chi connectivity index (χ0v) is 12.6. The molecule has 1 amide bonds. The molecule has 1 aliphatic rings. The third-order valence-corrected chi connectivity index (χ3v) is 3.59. The van der Waals surface area contributed by atoms with E-state index >= 15 is 0 Å². The van der Waals surface area contributed by atoms with Crippen LogP contribution < -0.4 is 5.32 Å². The lowest BCUT2D eigenvalue weighted by molar-refractivity contribution is -0.117. The molecule has 5 nitrogen and oxygen atoms in total. The Morgan fingerprint density at radius 1 is 1.30 bits per heavy atom. The fourth-order valence-corrected chi connectivity index (χ4v) is 2.43. The van der Waals surface area contributed by atoms with Gasteiger partial charge in [-0.1, -0.05) is 18.5 Å². The van der Waals surface area contributed by atoms with Crippen LogP contribution in [0.4, 0.5) is 5.82 Å². The first-order valence-electron chi connectivity index (χ1n) is 7.03. The van der Waals surface area contributed by atoms with Crippen molar-refractivity contribution in [2.24, 2.45) is 0 Å². The number of rotatable bonds is 5. The maximum Gasteiger partial charge on any atom is 0.239 e. The van der Waals surface area contributed by atoms with Crippen molar-refractivity contribution < 1.29 is 4.79 Å². The zero-order valence-electron chi connectivity index (χ0n) is 11.8. The molecule has 0 radical (unpaired) electrons. The fraction of sp³-hybridized carbons (Fsp3) is 0.571. The highest BCUT2D eigenvalue weighted by atomic mass is 35.5. The van der Waals surface area contributed by atoms with Gasteiger partial charge in [0.05, 0.1) is 11.6 Å². The van der Waals surface area contributed by atoms with E-state index in [1.807, 2.05) is 0 Å². The molecule has 20 heavy (non-hydrogen) atoms. The van der Waals surface area contributed by atoms with Crippen molar-refractivity contribution in [3.8, 4) is 0 Å². The quantitative estimate of drug-likeness (QED) is 0.898. The maximum atomic E-state index is 11.9. The Balaban J connectivity index is 1.74. The largest absolute Gasteiger partial charge is 0.310 e. The molecule has 1 aromatic rings. The van der Waals surface area contributed by atoms with E-state index in [0.717, 1.165) is 32.7 Å². The van der Waals surface area contributed by atoms with Gasteiger partial charge in [0.1, 0.15) is 5.82 Å². The summed E-state index contributed by atoms with van der Waals surface area (Å²) in [7, 11) is 0. The van der Waals surface area contributed by atoms with Gasteiger partial charge in [-0.2, -0.15) is 0 Å². The van der Waals surface area contributed by atoms with Gasteiger partial charge in [0.25, 0.3) is 0 Å². The minimum Gasteiger partial charge on any atom is -0.310 e. The van der Waals surface area contributed by atoms with Crippen molar-refractivity contribution in [3.05, 3.63) is 23.4 Å². The SMILES string of the molecule is CCCN1CCN(CC(=O)Nc2ccc(Cl)cn2)CC1. The van der Waals surface area contributed by atoms with Gasteiger partial charge in [-0.25, -0.2) is 4.98 Å². The lowest BCUT2D eigenvalue weighted by Crippen LogP contribution is -2.48. The first-order valence-corrected chi connectivity index (χ1v) is 7.41. The molecule has 1 fully saturated rings. The average Bonchev–Trinajstić information content (AvgIpc) is 2.44. The van der Waals surface area contributed by atoms with E-state index in [1.54, 1.807) is 12.1 Å². The average molecular weight is 297 g/mol. The van der Waals surface area contributed by atoms with E-state index in [0.29, 0.717) is 17.4 Å². The third kappa shape index (κ3) is 4.74. The number of pyridine rings is 1. The number of hydrogen-bond acceptors (Lipinski definition) is 4. The highest BCUT2D eigenvalue weighted by Crippen LogP contribution is 2.09. The van der Waals surface area contributed by atoms with Crippen molar-refractivity contribution in [2.75, 3.05) is 44.6 Å².